The number of rotatable bonds is 4. The topological polar surface area (TPSA) is 70.3 Å². The molecule has 20 heavy (non-hydrogen) atoms. The van der Waals surface area contributed by atoms with E-state index in [4.69, 9.17) is 15.1 Å². The van der Waals surface area contributed by atoms with E-state index in [1.54, 1.807) is 48.5 Å². The van der Waals surface area contributed by atoms with E-state index in [0.717, 1.165) is 5.56 Å². The van der Waals surface area contributed by atoms with Crippen molar-refractivity contribution in [1.29, 1.82) is 5.26 Å². The molecule has 0 bridgehead atoms. The van der Waals surface area contributed by atoms with Gasteiger partial charge in [0.25, 0.3) is 0 Å². The second-order valence-corrected chi connectivity index (χ2v) is 4.32. The molecule has 0 aliphatic heterocycles. The van der Waals surface area contributed by atoms with Crippen LogP contribution < -0.4 is 4.74 Å². The predicted molar refractivity (Wildman–Crippen MR) is 73.6 cm³/mol. The first-order chi connectivity index (χ1) is 9.60. The molecule has 1 atom stereocenters. The van der Waals surface area contributed by atoms with Crippen LogP contribution >= 0.6 is 0 Å². The highest BCUT2D eigenvalue weighted by Gasteiger charge is 2.09. The quantitative estimate of drug-likeness (QED) is 0.921. The van der Waals surface area contributed by atoms with Gasteiger partial charge in [-0.05, 0) is 48.9 Å². The Kier molecular flexibility index (Phi) is 4.02. The number of carboxylic acid groups (broad SMARTS) is 1. The lowest BCUT2D eigenvalue weighted by Crippen LogP contribution is -2.04. The number of ether oxygens (including phenoxy) is 1. The van der Waals surface area contributed by atoms with Gasteiger partial charge in [0.1, 0.15) is 11.9 Å². The summed E-state index contributed by atoms with van der Waals surface area (Å²) in [5, 5.41) is 17.6. The molecule has 0 radical (unpaired) electrons. The summed E-state index contributed by atoms with van der Waals surface area (Å²) in [5.41, 5.74) is 1.72. The maximum absolute atomic E-state index is 10.8. The van der Waals surface area contributed by atoms with Crippen LogP contribution in [0.25, 0.3) is 0 Å². The molecule has 4 heteroatoms. The Bertz CT molecular complexity index is 639. The van der Waals surface area contributed by atoms with Gasteiger partial charge in [-0.15, -0.1) is 0 Å². The summed E-state index contributed by atoms with van der Waals surface area (Å²) < 4.78 is 5.74. The van der Waals surface area contributed by atoms with E-state index < -0.39 is 5.97 Å². The molecule has 100 valence electrons. The fraction of sp³-hybridized carbons (Fsp3) is 0.125. The molecule has 0 spiro atoms. The fourth-order valence-corrected chi connectivity index (χ4v) is 1.78. The standard InChI is InChI=1S/C16H13NO3/c1-11(13-4-6-14(7-5-13)16(18)19)20-15-8-2-12(10-17)3-9-15/h2-9,11H,1H3,(H,18,19). The SMILES string of the molecule is CC(Oc1ccc(C#N)cc1)c1ccc(C(=O)O)cc1. The van der Waals surface area contributed by atoms with Crippen LogP contribution in [-0.2, 0) is 0 Å². The van der Waals surface area contributed by atoms with Crippen molar-refractivity contribution >= 4 is 5.97 Å². The Labute approximate surface area is 116 Å². The zero-order chi connectivity index (χ0) is 14.5. The van der Waals surface area contributed by atoms with E-state index in [1.165, 1.54) is 0 Å². The van der Waals surface area contributed by atoms with E-state index in [2.05, 4.69) is 0 Å². The summed E-state index contributed by atoms with van der Waals surface area (Å²) in [4.78, 5) is 10.8. The molecule has 0 saturated carbocycles. The van der Waals surface area contributed by atoms with Crippen molar-refractivity contribution in [3.8, 4) is 11.8 Å². The zero-order valence-corrected chi connectivity index (χ0v) is 10.9. The van der Waals surface area contributed by atoms with E-state index in [9.17, 15) is 4.79 Å². The summed E-state index contributed by atoms with van der Waals surface area (Å²) in [7, 11) is 0. The van der Waals surface area contributed by atoms with Crippen molar-refractivity contribution in [3.05, 3.63) is 65.2 Å². The first kappa shape index (κ1) is 13.6. The highest BCUT2D eigenvalue weighted by Crippen LogP contribution is 2.22. The number of benzene rings is 2. The number of nitrogens with zero attached hydrogens (tertiary/aromatic N) is 1. The first-order valence-corrected chi connectivity index (χ1v) is 6.10. The normalized spacial score (nSPS) is 11.4. The molecule has 2 rings (SSSR count). The maximum atomic E-state index is 10.8. The van der Waals surface area contributed by atoms with Gasteiger partial charge in [0, 0.05) is 0 Å². The third-order valence-electron chi connectivity index (χ3n) is 2.92. The number of carbonyl (C=O) groups is 1. The van der Waals surface area contributed by atoms with Crippen LogP contribution in [0.2, 0.25) is 0 Å². The number of nitriles is 1. The van der Waals surface area contributed by atoms with Gasteiger partial charge in [0.05, 0.1) is 17.2 Å². The fourth-order valence-electron chi connectivity index (χ4n) is 1.78. The number of hydrogen-bond donors (Lipinski definition) is 1. The molecule has 0 heterocycles. The second-order valence-electron chi connectivity index (χ2n) is 4.32. The van der Waals surface area contributed by atoms with Crippen LogP contribution in [0.1, 0.15) is 34.5 Å². The first-order valence-electron chi connectivity index (χ1n) is 6.10. The van der Waals surface area contributed by atoms with Crippen LogP contribution in [0.15, 0.2) is 48.5 Å². The molecule has 0 fully saturated rings. The van der Waals surface area contributed by atoms with Crippen molar-refractivity contribution in [2.75, 3.05) is 0 Å². The minimum atomic E-state index is -0.947. The number of hydrogen-bond acceptors (Lipinski definition) is 3. The number of carboxylic acids is 1. The summed E-state index contributed by atoms with van der Waals surface area (Å²) in [6, 6.07) is 15.5. The Hall–Kier alpha value is -2.80. The van der Waals surface area contributed by atoms with Gasteiger partial charge in [-0.3, -0.25) is 0 Å². The third-order valence-corrected chi connectivity index (χ3v) is 2.92. The van der Waals surface area contributed by atoms with Gasteiger partial charge in [0.2, 0.25) is 0 Å². The van der Waals surface area contributed by atoms with E-state index in [0.29, 0.717) is 11.3 Å². The Morgan fingerprint density at radius 1 is 1.15 bits per heavy atom. The van der Waals surface area contributed by atoms with Crippen LogP contribution in [0.5, 0.6) is 5.75 Å². The maximum Gasteiger partial charge on any atom is 0.335 e. The minimum absolute atomic E-state index is 0.203. The van der Waals surface area contributed by atoms with Gasteiger partial charge >= 0.3 is 5.97 Å². The van der Waals surface area contributed by atoms with E-state index in [-0.39, 0.29) is 11.7 Å². The second kappa shape index (κ2) is 5.89. The van der Waals surface area contributed by atoms with Crippen molar-refractivity contribution in [2.45, 2.75) is 13.0 Å². The molecule has 2 aromatic carbocycles. The van der Waals surface area contributed by atoms with Crippen molar-refractivity contribution in [1.82, 2.24) is 0 Å². The molecular weight excluding hydrogens is 254 g/mol. The van der Waals surface area contributed by atoms with Crippen molar-refractivity contribution < 1.29 is 14.6 Å². The molecule has 2 aromatic rings. The largest absolute Gasteiger partial charge is 0.486 e. The molecule has 0 saturated heterocycles. The lowest BCUT2D eigenvalue weighted by atomic mass is 10.1. The highest BCUT2D eigenvalue weighted by molar-refractivity contribution is 5.87. The average molecular weight is 267 g/mol. The van der Waals surface area contributed by atoms with Crippen molar-refractivity contribution in [3.63, 3.8) is 0 Å². The molecular formula is C16H13NO3. The monoisotopic (exact) mass is 267 g/mol. The van der Waals surface area contributed by atoms with Crippen molar-refractivity contribution in [2.24, 2.45) is 0 Å². The summed E-state index contributed by atoms with van der Waals surface area (Å²) in [5.74, 6) is -0.281. The van der Waals surface area contributed by atoms with Gasteiger partial charge in [0.15, 0.2) is 0 Å². The molecule has 0 amide bonds. The smallest absolute Gasteiger partial charge is 0.335 e. The van der Waals surface area contributed by atoms with E-state index >= 15 is 0 Å². The summed E-state index contributed by atoms with van der Waals surface area (Å²) in [6.45, 7) is 1.88. The molecule has 4 nitrogen and oxygen atoms in total. The lowest BCUT2D eigenvalue weighted by Gasteiger charge is -2.15. The van der Waals surface area contributed by atoms with Gasteiger partial charge in [-0.2, -0.15) is 5.26 Å². The van der Waals surface area contributed by atoms with Gasteiger partial charge in [-0.25, -0.2) is 4.79 Å². The zero-order valence-electron chi connectivity index (χ0n) is 10.9. The van der Waals surface area contributed by atoms with Crippen LogP contribution in [0.3, 0.4) is 0 Å². The molecule has 1 N–H and O–H groups in total. The molecule has 0 aliphatic rings. The highest BCUT2D eigenvalue weighted by atomic mass is 16.5. The molecule has 0 aromatic heterocycles. The number of aromatic carboxylic acids is 1. The average Bonchev–Trinajstić information content (AvgIpc) is 2.48. The van der Waals surface area contributed by atoms with Crippen LogP contribution in [0, 0.1) is 11.3 Å². The van der Waals surface area contributed by atoms with E-state index in [1.807, 2.05) is 13.0 Å². The van der Waals surface area contributed by atoms with Gasteiger partial charge < -0.3 is 9.84 Å². The van der Waals surface area contributed by atoms with Gasteiger partial charge in [-0.1, -0.05) is 12.1 Å². The van der Waals surface area contributed by atoms with Crippen LogP contribution in [-0.4, -0.2) is 11.1 Å². The molecule has 1 unspecified atom stereocenters. The summed E-state index contributed by atoms with van der Waals surface area (Å²) >= 11 is 0. The Morgan fingerprint density at radius 2 is 1.75 bits per heavy atom. The minimum Gasteiger partial charge on any atom is -0.486 e. The third kappa shape index (κ3) is 3.15. The lowest BCUT2D eigenvalue weighted by molar-refractivity contribution is 0.0696. The molecule has 0 aliphatic carbocycles. The predicted octanol–water partition coefficient (Wildman–Crippen LogP) is 3.40. The van der Waals surface area contributed by atoms with Crippen LogP contribution in [0.4, 0.5) is 0 Å². The Morgan fingerprint density at radius 3 is 2.25 bits per heavy atom. The summed E-state index contributed by atoms with van der Waals surface area (Å²) in [6.07, 6.45) is -0.203. The Balaban J connectivity index is 2.09.